The van der Waals surface area contributed by atoms with Gasteiger partial charge in [0.15, 0.2) is 5.75 Å². The zero-order valence-electron chi connectivity index (χ0n) is 10.4. The fourth-order valence-electron chi connectivity index (χ4n) is 1.25. The number of hydrogen-bond acceptors (Lipinski definition) is 4. The molecule has 1 unspecified atom stereocenters. The van der Waals surface area contributed by atoms with Crippen LogP contribution in [0.1, 0.15) is 25.3 Å². The number of halogens is 4. The average Bonchev–Trinajstić information content (AvgIpc) is 2.29. The van der Waals surface area contributed by atoms with E-state index >= 15 is 0 Å². The molecule has 0 aliphatic rings. The van der Waals surface area contributed by atoms with Crippen molar-refractivity contribution in [1.29, 1.82) is 0 Å². The molecule has 0 aliphatic carbocycles. The first-order valence-corrected chi connectivity index (χ1v) is 7.05. The predicted octanol–water partition coefficient (Wildman–Crippen LogP) is 3.26. The van der Waals surface area contributed by atoms with Crippen LogP contribution < -0.4 is 4.18 Å². The standard InChI is InChI=1S/C11H10ClF3O4S/c1-6(7(2)16)8-3-4-10(9(12)5-8)19-20(17,18)11(13,14)15/h3-6H,1-2H3. The summed E-state index contributed by atoms with van der Waals surface area (Å²) in [5.41, 5.74) is -5.10. The Bertz CT molecular complexity index is 625. The molecular weight excluding hydrogens is 321 g/mol. The molecule has 0 saturated heterocycles. The Morgan fingerprint density at radius 3 is 2.30 bits per heavy atom. The van der Waals surface area contributed by atoms with Gasteiger partial charge in [0.2, 0.25) is 0 Å². The lowest BCUT2D eigenvalue weighted by Gasteiger charge is -2.13. The molecule has 0 bridgehead atoms. The maximum absolute atomic E-state index is 12.2. The predicted molar refractivity (Wildman–Crippen MR) is 66.2 cm³/mol. The minimum Gasteiger partial charge on any atom is -0.374 e. The summed E-state index contributed by atoms with van der Waals surface area (Å²) in [6.07, 6.45) is 0. The van der Waals surface area contributed by atoms with Gasteiger partial charge in [0.25, 0.3) is 0 Å². The van der Waals surface area contributed by atoms with Gasteiger partial charge in [-0.3, -0.25) is 4.79 Å². The summed E-state index contributed by atoms with van der Waals surface area (Å²) in [6, 6.07) is 3.44. The third-order valence-electron chi connectivity index (χ3n) is 2.55. The molecule has 0 spiro atoms. The van der Waals surface area contributed by atoms with E-state index in [1.54, 1.807) is 6.92 Å². The molecule has 9 heteroatoms. The van der Waals surface area contributed by atoms with Crippen molar-refractivity contribution < 1.29 is 30.6 Å². The van der Waals surface area contributed by atoms with Crippen molar-refractivity contribution in [3.8, 4) is 5.75 Å². The Kier molecular flexibility index (Phi) is 4.70. The van der Waals surface area contributed by atoms with Crippen LogP contribution in [0.3, 0.4) is 0 Å². The Morgan fingerprint density at radius 1 is 1.35 bits per heavy atom. The van der Waals surface area contributed by atoms with Crippen LogP contribution in [0.5, 0.6) is 5.75 Å². The molecule has 0 saturated carbocycles. The third-order valence-corrected chi connectivity index (χ3v) is 3.81. The van der Waals surface area contributed by atoms with Gasteiger partial charge < -0.3 is 4.18 Å². The van der Waals surface area contributed by atoms with E-state index in [9.17, 15) is 26.4 Å². The second-order valence-electron chi connectivity index (χ2n) is 4.01. The Labute approximate surface area is 118 Å². The number of hydrogen-bond donors (Lipinski definition) is 0. The van der Waals surface area contributed by atoms with Crippen LogP contribution in [0.25, 0.3) is 0 Å². The van der Waals surface area contributed by atoms with Crippen molar-refractivity contribution in [3.05, 3.63) is 28.8 Å². The maximum atomic E-state index is 12.2. The number of rotatable bonds is 4. The van der Waals surface area contributed by atoms with Crippen LogP contribution >= 0.6 is 11.6 Å². The van der Waals surface area contributed by atoms with Crippen molar-refractivity contribution in [3.63, 3.8) is 0 Å². The van der Waals surface area contributed by atoms with Crippen molar-refractivity contribution in [2.24, 2.45) is 0 Å². The van der Waals surface area contributed by atoms with E-state index < -0.39 is 27.3 Å². The Balaban J connectivity index is 3.10. The molecule has 4 nitrogen and oxygen atoms in total. The van der Waals surface area contributed by atoms with Gasteiger partial charge in [-0.2, -0.15) is 21.6 Å². The lowest BCUT2D eigenvalue weighted by Crippen LogP contribution is -2.28. The highest BCUT2D eigenvalue weighted by Gasteiger charge is 2.48. The largest absolute Gasteiger partial charge is 0.534 e. The van der Waals surface area contributed by atoms with E-state index in [2.05, 4.69) is 4.18 Å². The van der Waals surface area contributed by atoms with Crippen molar-refractivity contribution in [2.75, 3.05) is 0 Å². The smallest absolute Gasteiger partial charge is 0.374 e. The van der Waals surface area contributed by atoms with E-state index in [1.165, 1.54) is 19.1 Å². The highest BCUT2D eigenvalue weighted by atomic mass is 35.5. The van der Waals surface area contributed by atoms with Crippen LogP contribution in [-0.2, 0) is 14.9 Å². The third kappa shape index (κ3) is 3.63. The maximum Gasteiger partial charge on any atom is 0.534 e. The molecule has 0 aromatic heterocycles. The first kappa shape index (κ1) is 16.8. The summed E-state index contributed by atoms with van der Waals surface area (Å²) in [5, 5.41) is -0.330. The summed E-state index contributed by atoms with van der Waals surface area (Å²) in [4.78, 5) is 11.2. The van der Waals surface area contributed by atoms with E-state index in [0.29, 0.717) is 5.56 Å². The van der Waals surface area contributed by atoms with E-state index in [1.807, 2.05) is 0 Å². The number of ketones is 1. The highest BCUT2D eigenvalue weighted by molar-refractivity contribution is 7.88. The quantitative estimate of drug-likeness (QED) is 0.628. The minimum absolute atomic E-state index is 0.169. The lowest BCUT2D eigenvalue weighted by atomic mass is 9.98. The molecule has 0 heterocycles. The molecule has 0 N–H and O–H groups in total. The number of alkyl halides is 3. The molecule has 1 rings (SSSR count). The molecule has 20 heavy (non-hydrogen) atoms. The van der Waals surface area contributed by atoms with Gasteiger partial charge in [0.1, 0.15) is 5.78 Å². The summed E-state index contributed by atoms with van der Waals surface area (Å²) in [7, 11) is -5.77. The fourth-order valence-corrected chi connectivity index (χ4v) is 2.00. The van der Waals surface area contributed by atoms with Crippen LogP contribution in [0.2, 0.25) is 5.02 Å². The second kappa shape index (κ2) is 5.61. The monoisotopic (exact) mass is 330 g/mol. The zero-order chi connectivity index (χ0) is 15.7. The lowest BCUT2D eigenvalue weighted by molar-refractivity contribution is -0.118. The fraction of sp³-hybridized carbons (Fsp3) is 0.364. The number of benzene rings is 1. The summed E-state index contributed by atoms with van der Waals surface area (Å²) < 4.78 is 62.1. The molecule has 0 fully saturated rings. The van der Waals surface area contributed by atoms with E-state index in [4.69, 9.17) is 11.6 Å². The van der Waals surface area contributed by atoms with Crippen LogP contribution in [0.15, 0.2) is 18.2 Å². The van der Waals surface area contributed by atoms with Crippen molar-refractivity contribution in [2.45, 2.75) is 25.3 Å². The van der Waals surface area contributed by atoms with Gasteiger partial charge in [-0.1, -0.05) is 24.6 Å². The normalized spacial score (nSPS) is 13.9. The topological polar surface area (TPSA) is 60.4 Å². The van der Waals surface area contributed by atoms with Gasteiger partial charge in [0.05, 0.1) is 5.02 Å². The number of carbonyl (C=O) groups is 1. The molecular formula is C11H10ClF3O4S. The zero-order valence-corrected chi connectivity index (χ0v) is 11.9. The number of carbonyl (C=O) groups excluding carboxylic acids is 1. The second-order valence-corrected chi connectivity index (χ2v) is 5.95. The van der Waals surface area contributed by atoms with Crippen LogP contribution in [0.4, 0.5) is 13.2 Å². The molecule has 1 aromatic rings. The molecule has 1 atom stereocenters. The Morgan fingerprint density at radius 2 is 1.90 bits per heavy atom. The Hall–Kier alpha value is -1.28. The van der Waals surface area contributed by atoms with Gasteiger partial charge in [-0.15, -0.1) is 0 Å². The minimum atomic E-state index is -5.77. The molecule has 1 aromatic carbocycles. The molecule has 0 aliphatic heterocycles. The van der Waals surface area contributed by atoms with Gasteiger partial charge in [-0.25, -0.2) is 0 Å². The highest BCUT2D eigenvalue weighted by Crippen LogP contribution is 2.33. The van der Waals surface area contributed by atoms with E-state index in [0.717, 1.165) is 6.07 Å². The SMILES string of the molecule is CC(=O)C(C)c1ccc(OS(=O)(=O)C(F)(F)F)c(Cl)c1. The van der Waals surface area contributed by atoms with Crippen LogP contribution in [0, 0.1) is 0 Å². The summed E-state index contributed by atoms with van der Waals surface area (Å²) in [5.74, 6) is -1.33. The molecule has 0 amide bonds. The van der Waals surface area contributed by atoms with Crippen LogP contribution in [-0.4, -0.2) is 19.7 Å². The molecule has 0 radical (unpaired) electrons. The number of Topliss-reactive ketones (excluding diaryl/α,β-unsaturated/α-hetero) is 1. The van der Waals surface area contributed by atoms with Gasteiger partial charge in [-0.05, 0) is 24.6 Å². The summed E-state index contributed by atoms with van der Waals surface area (Å²) in [6.45, 7) is 2.93. The van der Waals surface area contributed by atoms with Gasteiger partial charge >= 0.3 is 15.6 Å². The molecule has 112 valence electrons. The summed E-state index contributed by atoms with van der Waals surface area (Å²) >= 11 is 5.67. The first-order valence-electron chi connectivity index (χ1n) is 5.26. The van der Waals surface area contributed by atoms with Gasteiger partial charge in [0, 0.05) is 5.92 Å². The van der Waals surface area contributed by atoms with E-state index in [-0.39, 0.29) is 10.8 Å². The average molecular weight is 331 g/mol. The first-order chi connectivity index (χ1) is 8.95. The van der Waals surface area contributed by atoms with Crippen molar-refractivity contribution >= 4 is 27.5 Å². The van der Waals surface area contributed by atoms with Crippen molar-refractivity contribution in [1.82, 2.24) is 0 Å².